The lowest BCUT2D eigenvalue weighted by atomic mass is 9.78. The fourth-order valence-electron chi connectivity index (χ4n) is 1.87. The Morgan fingerprint density at radius 2 is 1.88 bits per heavy atom. The van der Waals surface area contributed by atoms with Crippen LogP contribution in [0.3, 0.4) is 0 Å². The normalized spacial score (nSPS) is 14.1. The van der Waals surface area contributed by atoms with Gasteiger partial charge in [-0.05, 0) is 23.7 Å². The molecule has 1 aliphatic heterocycles. The number of hydrogen-bond donors (Lipinski definition) is 0. The number of halogens is 1. The zero-order valence-corrected chi connectivity index (χ0v) is 9.85. The van der Waals surface area contributed by atoms with E-state index < -0.39 is 0 Å². The predicted octanol–water partition coefficient (Wildman–Crippen LogP) is 2.64. The Balaban J connectivity index is 1.88. The van der Waals surface area contributed by atoms with Gasteiger partial charge in [0.25, 0.3) is 0 Å². The first-order valence-corrected chi connectivity index (χ1v) is 5.82. The van der Waals surface area contributed by atoms with Gasteiger partial charge in [-0.1, -0.05) is 41.9 Å². The fraction of sp³-hybridized carbons (Fsp3) is 0.0769. The SMILES string of the molecule is Clc1ccc2c(c1)COB(c1ccccc1)O2. The Hall–Kier alpha value is -1.45. The minimum atomic E-state index is -0.329. The molecule has 0 atom stereocenters. The van der Waals surface area contributed by atoms with E-state index in [9.17, 15) is 0 Å². The molecular formula is C13H10BClO2. The highest BCUT2D eigenvalue weighted by Gasteiger charge is 2.28. The molecule has 0 N–H and O–H groups in total. The van der Waals surface area contributed by atoms with Crippen molar-refractivity contribution < 1.29 is 9.31 Å². The largest absolute Gasteiger partial charge is 0.563 e. The van der Waals surface area contributed by atoms with E-state index in [1.807, 2.05) is 48.5 Å². The molecule has 0 radical (unpaired) electrons. The second-order valence-corrected chi connectivity index (χ2v) is 4.36. The van der Waals surface area contributed by atoms with Crippen molar-refractivity contribution in [3.8, 4) is 5.75 Å². The Morgan fingerprint density at radius 1 is 1.06 bits per heavy atom. The van der Waals surface area contributed by atoms with Gasteiger partial charge >= 0.3 is 7.12 Å². The maximum Gasteiger partial charge on any atom is 0.563 e. The molecule has 2 aromatic carbocycles. The first-order valence-electron chi connectivity index (χ1n) is 5.44. The van der Waals surface area contributed by atoms with Gasteiger partial charge in [0.15, 0.2) is 0 Å². The van der Waals surface area contributed by atoms with Crippen molar-refractivity contribution in [3.63, 3.8) is 0 Å². The first-order chi connectivity index (χ1) is 8.33. The smallest absolute Gasteiger partial charge is 0.532 e. The van der Waals surface area contributed by atoms with Crippen molar-refractivity contribution in [2.24, 2.45) is 0 Å². The molecule has 2 nitrogen and oxygen atoms in total. The maximum absolute atomic E-state index is 5.92. The van der Waals surface area contributed by atoms with E-state index in [0.29, 0.717) is 11.6 Å². The zero-order valence-electron chi connectivity index (χ0n) is 9.10. The van der Waals surface area contributed by atoms with Crippen molar-refractivity contribution >= 4 is 24.2 Å². The third kappa shape index (κ3) is 2.16. The van der Waals surface area contributed by atoms with Crippen LogP contribution in [0.5, 0.6) is 5.75 Å². The van der Waals surface area contributed by atoms with Gasteiger partial charge in [0, 0.05) is 10.6 Å². The molecule has 17 heavy (non-hydrogen) atoms. The van der Waals surface area contributed by atoms with Crippen LogP contribution >= 0.6 is 11.6 Å². The third-order valence-corrected chi connectivity index (χ3v) is 2.95. The minimum Gasteiger partial charge on any atom is -0.532 e. The molecule has 0 amide bonds. The van der Waals surface area contributed by atoms with Crippen LogP contribution in [-0.4, -0.2) is 7.12 Å². The van der Waals surface area contributed by atoms with Gasteiger partial charge < -0.3 is 9.31 Å². The molecular weight excluding hydrogens is 234 g/mol. The molecule has 3 rings (SSSR count). The van der Waals surface area contributed by atoms with Crippen LogP contribution in [0, 0.1) is 0 Å². The Labute approximate surface area is 105 Å². The molecule has 0 fully saturated rings. The van der Waals surface area contributed by atoms with Gasteiger partial charge in [-0.15, -0.1) is 0 Å². The minimum absolute atomic E-state index is 0.329. The standard InChI is InChI=1S/C13H10BClO2/c15-12-6-7-13-10(8-12)9-16-14(17-13)11-4-2-1-3-5-11/h1-8H,9H2. The van der Waals surface area contributed by atoms with E-state index in [1.54, 1.807) is 0 Å². The third-order valence-electron chi connectivity index (χ3n) is 2.72. The van der Waals surface area contributed by atoms with Crippen LogP contribution in [0.15, 0.2) is 48.5 Å². The van der Waals surface area contributed by atoms with Crippen LogP contribution in [-0.2, 0) is 11.3 Å². The molecule has 0 saturated carbocycles. The maximum atomic E-state index is 5.92. The second kappa shape index (κ2) is 4.44. The average molecular weight is 244 g/mol. The summed E-state index contributed by atoms with van der Waals surface area (Å²) in [5.41, 5.74) is 2.01. The number of fused-ring (bicyclic) bond motifs is 1. The lowest BCUT2D eigenvalue weighted by Gasteiger charge is -2.23. The van der Waals surface area contributed by atoms with Crippen LogP contribution in [0.2, 0.25) is 5.02 Å². The number of hydrogen-bond acceptors (Lipinski definition) is 2. The van der Waals surface area contributed by atoms with E-state index in [-0.39, 0.29) is 7.12 Å². The lowest BCUT2D eigenvalue weighted by Crippen LogP contribution is -2.42. The van der Waals surface area contributed by atoms with Gasteiger partial charge in [0.2, 0.25) is 0 Å². The highest BCUT2D eigenvalue weighted by molar-refractivity contribution is 6.62. The summed E-state index contributed by atoms with van der Waals surface area (Å²) < 4.78 is 11.5. The van der Waals surface area contributed by atoms with Crippen molar-refractivity contribution in [2.75, 3.05) is 0 Å². The van der Waals surface area contributed by atoms with Crippen LogP contribution in [0.4, 0.5) is 0 Å². The molecule has 0 unspecified atom stereocenters. The summed E-state index contributed by atoms with van der Waals surface area (Å²) in [6.45, 7) is 0.523. The zero-order chi connectivity index (χ0) is 11.7. The molecule has 0 saturated heterocycles. The summed E-state index contributed by atoms with van der Waals surface area (Å²) >= 11 is 5.92. The Morgan fingerprint density at radius 3 is 2.71 bits per heavy atom. The van der Waals surface area contributed by atoms with Crippen LogP contribution in [0.1, 0.15) is 5.56 Å². The van der Waals surface area contributed by atoms with Gasteiger partial charge in [-0.2, -0.15) is 0 Å². The summed E-state index contributed by atoms with van der Waals surface area (Å²) in [4.78, 5) is 0. The highest BCUT2D eigenvalue weighted by Crippen LogP contribution is 2.27. The molecule has 0 bridgehead atoms. The van der Waals surface area contributed by atoms with Gasteiger partial charge in [-0.3, -0.25) is 0 Å². The second-order valence-electron chi connectivity index (χ2n) is 3.92. The van der Waals surface area contributed by atoms with Gasteiger partial charge in [0.1, 0.15) is 5.75 Å². The molecule has 0 aliphatic carbocycles. The summed E-state index contributed by atoms with van der Waals surface area (Å²) in [5.74, 6) is 0.842. The molecule has 1 heterocycles. The Kier molecular flexibility index (Phi) is 2.79. The molecule has 1 aliphatic rings. The number of benzene rings is 2. The van der Waals surface area contributed by atoms with Crippen molar-refractivity contribution in [3.05, 3.63) is 59.1 Å². The summed E-state index contributed by atoms with van der Waals surface area (Å²) in [6, 6.07) is 15.5. The molecule has 4 heteroatoms. The highest BCUT2D eigenvalue weighted by atomic mass is 35.5. The van der Waals surface area contributed by atoms with Gasteiger partial charge in [-0.25, -0.2) is 0 Å². The topological polar surface area (TPSA) is 18.5 Å². The molecule has 0 aromatic heterocycles. The summed E-state index contributed by atoms with van der Waals surface area (Å²) in [6.07, 6.45) is 0. The predicted molar refractivity (Wildman–Crippen MR) is 68.7 cm³/mol. The van der Waals surface area contributed by atoms with E-state index >= 15 is 0 Å². The molecule has 2 aromatic rings. The van der Waals surface area contributed by atoms with Crippen molar-refractivity contribution in [2.45, 2.75) is 6.61 Å². The Bertz CT molecular complexity index is 530. The molecule has 84 valence electrons. The van der Waals surface area contributed by atoms with E-state index in [2.05, 4.69) is 0 Å². The lowest BCUT2D eigenvalue weighted by molar-refractivity contribution is 0.238. The first kappa shape index (κ1) is 10.7. The van der Waals surface area contributed by atoms with E-state index in [1.165, 1.54) is 0 Å². The molecule has 0 spiro atoms. The van der Waals surface area contributed by atoms with Crippen LogP contribution in [0.25, 0.3) is 0 Å². The van der Waals surface area contributed by atoms with Gasteiger partial charge in [0.05, 0.1) is 6.61 Å². The average Bonchev–Trinajstić information content (AvgIpc) is 2.39. The fourth-order valence-corrected chi connectivity index (χ4v) is 2.06. The van der Waals surface area contributed by atoms with E-state index in [0.717, 1.165) is 16.8 Å². The number of rotatable bonds is 1. The van der Waals surface area contributed by atoms with E-state index in [4.69, 9.17) is 20.9 Å². The van der Waals surface area contributed by atoms with Crippen LogP contribution < -0.4 is 10.1 Å². The monoisotopic (exact) mass is 244 g/mol. The van der Waals surface area contributed by atoms with Crippen molar-refractivity contribution in [1.82, 2.24) is 0 Å². The summed E-state index contributed by atoms with van der Waals surface area (Å²) in [5, 5.41) is 0.703. The summed E-state index contributed by atoms with van der Waals surface area (Å²) in [7, 11) is -0.329. The van der Waals surface area contributed by atoms with Crippen molar-refractivity contribution in [1.29, 1.82) is 0 Å². The quantitative estimate of drug-likeness (QED) is 0.718.